The summed E-state index contributed by atoms with van der Waals surface area (Å²) < 4.78 is 0. The molecular formula is C23H25N. The van der Waals surface area contributed by atoms with Gasteiger partial charge in [0.15, 0.2) is 0 Å². The van der Waals surface area contributed by atoms with Gasteiger partial charge in [0, 0.05) is 5.69 Å². The third-order valence-corrected chi connectivity index (χ3v) is 4.43. The number of hydrogen-bond donors (Lipinski definition) is 1. The SMILES string of the molecule is Cc1cccc(CCc2cccc(CCc3cccc(N)c3)c2)c1. The summed E-state index contributed by atoms with van der Waals surface area (Å²) in [5, 5.41) is 0. The summed E-state index contributed by atoms with van der Waals surface area (Å²) in [6.45, 7) is 2.15. The fourth-order valence-corrected chi connectivity index (χ4v) is 3.13. The fourth-order valence-electron chi connectivity index (χ4n) is 3.13. The zero-order valence-electron chi connectivity index (χ0n) is 14.3. The van der Waals surface area contributed by atoms with E-state index in [0.29, 0.717) is 0 Å². The molecular weight excluding hydrogens is 290 g/mol. The second-order valence-electron chi connectivity index (χ2n) is 6.55. The first-order chi connectivity index (χ1) is 11.7. The molecule has 0 unspecified atom stereocenters. The minimum Gasteiger partial charge on any atom is -0.399 e. The molecule has 0 aliphatic rings. The Morgan fingerprint density at radius 1 is 0.583 bits per heavy atom. The molecule has 0 aromatic heterocycles. The van der Waals surface area contributed by atoms with E-state index in [4.69, 9.17) is 5.73 Å². The van der Waals surface area contributed by atoms with E-state index >= 15 is 0 Å². The first-order valence-electron chi connectivity index (χ1n) is 8.67. The lowest BCUT2D eigenvalue weighted by atomic mass is 9.99. The lowest BCUT2D eigenvalue weighted by Gasteiger charge is -2.07. The maximum absolute atomic E-state index is 5.86. The molecule has 1 nitrogen and oxygen atoms in total. The molecule has 1 heteroatoms. The Hall–Kier alpha value is -2.54. The summed E-state index contributed by atoms with van der Waals surface area (Å²) in [4.78, 5) is 0. The molecule has 122 valence electrons. The quantitative estimate of drug-likeness (QED) is 0.626. The topological polar surface area (TPSA) is 26.0 Å². The molecule has 0 aliphatic carbocycles. The average Bonchev–Trinajstić information content (AvgIpc) is 2.59. The van der Waals surface area contributed by atoms with E-state index in [-0.39, 0.29) is 0 Å². The molecule has 3 aromatic rings. The van der Waals surface area contributed by atoms with Crippen LogP contribution < -0.4 is 5.73 Å². The Bertz CT molecular complexity index is 740. The molecule has 0 heterocycles. The summed E-state index contributed by atoms with van der Waals surface area (Å²) in [5.74, 6) is 0. The van der Waals surface area contributed by atoms with Crippen LogP contribution in [0.1, 0.15) is 27.8 Å². The van der Waals surface area contributed by atoms with Crippen LogP contribution in [-0.2, 0) is 25.7 Å². The van der Waals surface area contributed by atoms with Gasteiger partial charge in [0.25, 0.3) is 0 Å². The van der Waals surface area contributed by atoms with Crippen molar-refractivity contribution in [1.82, 2.24) is 0 Å². The summed E-state index contributed by atoms with van der Waals surface area (Å²) in [5.41, 5.74) is 13.6. The van der Waals surface area contributed by atoms with Gasteiger partial charge in [0.1, 0.15) is 0 Å². The number of aryl methyl sites for hydroxylation is 5. The van der Waals surface area contributed by atoms with Crippen molar-refractivity contribution in [3.05, 3.63) is 101 Å². The van der Waals surface area contributed by atoms with Crippen molar-refractivity contribution in [2.75, 3.05) is 5.73 Å². The highest BCUT2D eigenvalue weighted by Gasteiger charge is 2.00. The van der Waals surface area contributed by atoms with Crippen molar-refractivity contribution in [3.63, 3.8) is 0 Å². The smallest absolute Gasteiger partial charge is 0.0316 e. The third-order valence-electron chi connectivity index (χ3n) is 4.43. The zero-order chi connectivity index (χ0) is 16.8. The Morgan fingerprint density at radius 3 is 1.58 bits per heavy atom. The van der Waals surface area contributed by atoms with Crippen molar-refractivity contribution < 1.29 is 0 Å². The van der Waals surface area contributed by atoms with Gasteiger partial charge in [0.05, 0.1) is 0 Å². The van der Waals surface area contributed by atoms with Gasteiger partial charge in [-0.2, -0.15) is 0 Å². The predicted octanol–water partition coefficient (Wildman–Crippen LogP) is 5.15. The standard InChI is InChI=1S/C23H25N/c1-18-5-2-6-19(15-18)11-12-20-7-3-8-21(16-20)13-14-22-9-4-10-23(24)17-22/h2-10,15-17H,11-14,24H2,1H3. The van der Waals surface area contributed by atoms with Gasteiger partial charge in [-0.15, -0.1) is 0 Å². The summed E-state index contributed by atoms with van der Waals surface area (Å²) in [7, 11) is 0. The minimum absolute atomic E-state index is 0.847. The van der Waals surface area contributed by atoms with Gasteiger partial charge in [0.2, 0.25) is 0 Å². The lowest BCUT2D eigenvalue weighted by molar-refractivity contribution is 0.930. The monoisotopic (exact) mass is 315 g/mol. The molecule has 0 amide bonds. The van der Waals surface area contributed by atoms with Crippen molar-refractivity contribution in [2.24, 2.45) is 0 Å². The molecule has 2 N–H and O–H groups in total. The maximum Gasteiger partial charge on any atom is 0.0316 e. The van der Waals surface area contributed by atoms with Gasteiger partial charge in [-0.3, -0.25) is 0 Å². The molecule has 0 spiro atoms. The second kappa shape index (κ2) is 7.83. The molecule has 24 heavy (non-hydrogen) atoms. The molecule has 0 atom stereocenters. The van der Waals surface area contributed by atoms with Crippen molar-refractivity contribution >= 4 is 5.69 Å². The average molecular weight is 315 g/mol. The highest BCUT2D eigenvalue weighted by atomic mass is 14.5. The van der Waals surface area contributed by atoms with Crippen molar-refractivity contribution in [2.45, 2.75) is 32.6 Å². The summed E-state index contributed by atoms with van der Waals surface area (Å²) in [6, 6.07) is 26.0. The molecule has 0 saturated carbocycles. The number of nitrogen functional groups attached to an aromatic ring is 1. The molecule has 3 aromatic carbocycles. The van der Waals surface area contributed by atoms with E-state index in [1.54, 1.807) is 0 Å². The van der Waals surface area contributed by atoms with Crippen LogP contribution in [0.2, 0.25) is 0 Å². The first-order valence-corrected chi connectivity index (χ1v) is 8.67. The minimum atomic E-state index is 0.847. The van der Waals surface area contributed by atoms with E-state index in [2.05, 4.69) is 67.6 Å². The van der Waals surface area contributed by atoms with Crippen LogP contribution in [-0.4, -0.2) is 0 Å². The Kier molecular flexibility index (Phi) is 5.32. The van der Waals surface area contributed by atoms with Crippen molar-refractivity contribution in [1.29, 1.82) is 0 Å². The van der Waals surface area contributed by atoms with Gasteiger partial charge < -0.3 is 5.73 Å². The summed E-state index contributed by atoms with van der Waals surface area (Å²) >= 11 is 0. The zero-order valence-corrected chi connectivity index (χ0v) is 14.3. The Balaban J connectivity index is 1.59. The van der Waals surface area contributed by atoms with E-state index in [1.165, 1.54) is 27.8 Å². The molecule has 3 rings (SSSR count). The number of rotatable bonds is 6. The highest BCUT2D eigenvalue weighted by Crippen LogP contribution is 2.14. The Labute approximate surface area is 145 Å². The highest BCUT2D eigenvalue weighted by molar-refractivity contribution is 5.41. The number of hydrogen-bond acceptors (Lipinski definition) is 1. The van der Waals surface area contributed by atoms with Crippen molar-refractivity contribution in [3.8, 4) is 0 Å². The van der Waals surface area contributed by atoms with Crippen LogP contribution in [0.4, 0.5) is 5.69 Å². The van der Waals surface area contributed by atoms with E-state index in [0.717, 1.165) is 31.4 Å². The fraction of sp³-hybridized carbons (Fsp3) is 0.217. The normalized spacial score (nSPS) is 10.7. The van der Waals surface area contributed by atoms with Gasteiger partial charge in [-0.05, 0) is 67.0 Å². The first kappa shape index (κ1) is 16.3. The largest absolute Gasteiger partial charge is 0.399 e. The van der Waals surface area contributed by atoms with E-state index < -0.39 is 0 Å². The number of nitrogens with two attached hydrogens (primary N) is 1. The molecule has 0 fully saturated rings. The number of benzene rings is 3. The third kappa shape index (κ3) is 4.73. The molecule has 0 aliphatic heterocycles. The maximum atomic E-state index is 5.86. The molecule has 0 radical (unpaired) electrons. The van der Waals surface area contributed by atoms with Crippen LogP contribution in [0.3, 0.4) is 0 Å². The van der Waals surface area contributed by atoms with Crippen LogP contribution in [0.5, 0.6) is 0 Å². The lowest BCUT2D eigenvalue weighted by Crippen LogP contribution is -1.96. The predicted molar refractivity (Wildman–Crippen MR) is 103 cm³/mol. The molecule has 0 bridgehead atoms. The summed E-state index contributed by atoms with van der Waals surface area (Å²) in [6.07, 6.45) is 4.28. The van der Waals surface area contributed by atoms with Crippen LogP contribution >= 0.6 is 0 Å². The Morgan fingerprint density at radius 2 is 1.04 bits per heavy atom. The number of anilines is 1. The molecule has 0 saturated heterocycles. The van der Waals surface area contributed by atoms with E-state index in [1.807, 2.05) is 12.1 Å². The van der Waals surface area contributed by atoms with Gasteiger partial charge in [-0.1, -0.05) is 66.2 Å². The second-order valence-corrected chi connectivity index (χ2v) is 6.55. The van der Waals surface area contributed by atoms with Crippen LogP contribution in [0.25, 0.3) is 0 Å². The van der Waals surface area contributed by atoms with Gasteiger partial charge in [-0.25, -0.2) is 0 Å². The van der Waals surface area contributed by atoms with Gasteiger partial charge >= 0.3 is 0 Å². The van der Waals surface area contributed by atoms with E-state index in [9.17, 15) is 0 Å². The van der Waals surface area contributed by atoms with Crippen LogP contribution in [0.15, 0.2) is 72.8 Å². The van der Waals surface area contributed by atoms with Crippen LogP contribution in [0, 0.1) is 6.92 Å².